The van der Waals surface area contributed by atoms with Gasteiger partial charge in [-0.15, -0.1) is 0 Å². The molecule has 0 aromatic carbocycles. The molecule has 0 saturated carbocycles. The Hall–Kier alpha value is -0.240. The molecule has 0 aromatic rings. The highest BCUT2D eigenvalue weighted by atomic mass is 16.5. The van der Waals surface area contributed by atoms with Crippen LogP contribution in [0.1, 0.15) is 73.1 Å². The molecule has 0 radical (unpaired) electrons. The van der Waals surface area contributed by atoms with E-state index in [4.69, 9.17) is 10.5 Å². The summed E-state index contributed by atoms with van der Waals surface area (Å²) in [5.41, 5.74) is 5.58. The molecule has 2 rings (SSSR count). The molecule has 6 heteroatoms. The quantitative estimate of drug-likeness (QED) is 0.415. The summed E-state index contributed by atoms with van der Waals surface area (Å²) in [6.45, 7) is 22.4. The van der Waals surface area contributed by atoms with E-state index in [1.165, 1.54) is 45.4 Å². The van der Waals surface area contributed by atoms with Crippen LogP contribution < -0.4 is 11.1 Å². The van der Waals surface area contributed by atoms with Crippen LogP contribution in [0.25, 0.3) is 0 Å². The van der Waals surface area contributed by atoms with E-state index >= 15 is 0 Å². The van der Waals surface area contributed by atoms with Crippen LogP contribution >= 0.6 is 0 Å². The van der Waals surface area contributed by atoms with Crippen LogP contribution in [0.3, 0.4) is 0 Å². The van der Waals surface area contributed by atoms with Gasteiger partial charge in [-0.3, -0.25) is 4.90 Å². The van der Waals surface area contributed by atoms with Gasteiger partial charge in [0, 0.05) is 39.0 Å². The molecule has 0 unspecified atom stereocenters. The van der Waals surface area contributed by atoms with Crippen LogP contribution in [0, 0.1) is 11.8 Å². The third-order valence-corrected chi connectivity index (χ3v) is 6.75. The van der Waals surface area contributed by atoms with E-state index in [-0.39, 0.29) is 0 Å². The zero-order valence-electron chi connectivity index (χ0n) is 22.5. The van der Waals surface area contributed by atoms with E-state index in [0.29, 0.717) is 12.8 Å². The summed E-state index contributed by atoms with van der Waals surface area (Å²) in [4.78, 5) is 7.50. The highest BCUT2D eigenvalue weighted by Crippen LogP contribution is 2.17. The molecule has 2 aliphatic rings. The molecule has 0 amide bonds. The van der Waals surface area contributed by atoms with Crippen molar-refractivity contribution in [3.05, 3.63) is 0 Å². The zero-order valence-corrected chi connectivity index (χ0v) is 22.5. The van der Waals surface area contributed by atoms with E-state index in [0.717, 1.165) is 69.9 Å². The van der Waals surface area contributed by atoms with Crippen molar-refractivity contribution >= 4 is 0 Å². The Morgan fingerprint density at radius 3 is 2.12 bits per heavy atom. The molecule has 2 aliphatic heterocycles. The van der Waals surface area contributed by atoms with Gasteiger partial charge in [0.1, 0.15) is 0 Å². The first-order valence-electron chi connectivity index (χ1n) is 13.5. The molecule has 2 fully saturated rings. The monoisotopic (exact) mass is 455 g/mol. The van der Waals surface area contributed by atoms with E-state index in [1.807, 2.05) is 0 Å². The van der Waals surface area contributed by atoms with Crippen molar-refractivity contribution in [3.63, 3.8) is 0 Å². The fraction of sp³-hybridized carbons (Fsp3) is 1.00. The second-order valence-electron chi connectivity index (χ2n) is 10.7. The van der Waals surface area contributed by atoms with Gasteiger partial charge in [0.15, 0.2) is 0 Å². The van der Waals surface area contributed by atoms with E-state index in [2.05, 4.69) is 61.7 Å². The Morgan fingerprint density at radius 2 is 1.59 bits per heavy atom. The second-order valence-corrected chi connectivity index (χ2v) is 10.7. The molecule has 2 heterocycles. The van der Waals surface area contributed by atoms with Crippen LogP contribution in [-0.2, 0) is 4.74 Å². The third-order valence-electron chi connectivity index (χ3n) is 6.75. The number of piperidine rings is 2. The van der Waals surface area contributed by atoms with E-state index < -0.39 is 0 Å². The Kier molecular flexibility index (Phi) is 16.9. The first-order valence-corrected chi connectivity index (χ1v) is 13.5. The van der Waals surface area contributed by atoms with Crippen molar-refractivity contribution in [3.8, 4) is 0 Å². The number of nitrogens with two attached hydrogens (primary N) is 1. The van der Waals surface area contributed by atoms with Crippen LogP contribution in [-0.4, -0.2) is 99.5 Å². The van der Waals surface area contributed by atoms with Crippen LogP contribution in [0.15, 0.2) is 0 Å². The Balaban J connectivity index is 0.000000323. The fourth-order valence-electron chi connectivity index (χ4n) is 4.63. The lowest BCUT2D eigenvalue weighted by Crippen LogP contribution is -2.44. The van der Waals surface area contributed by atoms with Gasteiger partial charge in [0.05, 0.1) is 6.10 Å². The van der Waals surface area contributed by atoms with Gasteiger partial charge in [-0.1, -0.05) is 34.6 Å². The van der Waals surface area contributed by atoms with Gasteiger partial charge in [-0.2, -0.15) is 0 Å². The van der Waals surface area contributed by atoms with Crippen molar-refractivity contribution in [1.29, 1.82) is 0 Å². The predicted octanol–water partition coefficient (Wildman–Crippen LogP) is 3.47. The summed E-state index contributed by atoms with van der Waals surface area (Å²) in [5.74, 6) is 1.63. The molecule has 32 heavy (non-hydrogen) atoms. The number of ether oxygens (including phenoxy) is 1. The second kappa shape index (κ2) is 18.1. The normalized spacial score (nSPS) is 19.7. The molecule has 0 spiro atoms. The van der Waals surface area contributed by atoms with Crippen molar-refractivity contribution in [2.24, 2.45) is 17.6 Å². The van der Waals surface area contributed by atoms with Crippen LogP contribution in [0.2, 0.25) is 0 Å². The third kappa shape index (κ3) is 14.1. The largest absolute Gasteiger partial charge is 0.378 e. The number of nitrogens with one attached hydrogen (secondary N) is 1. The first kappa shape index (κ1) is 29.8. The fourth-order valence-corrected chi connectivity index (χ4v) is 4.63. The molecule has 0 atom stereocenters. The summed E-state index contributed by atoms with van der Waals surface area (Å²) in [6.07, 6.45) is 7.94. The number of likely N-dealkylation sites (tertiary alicyclic amines) is 2. The van der Waals surface area contributed by atoms with Crippen molar-refractivity contribution in [2.45, 2.75) is 85.3 Å². The summed E-state index contributed by atoms with van der Waals surface area (Å²) in [5, 5.41) is 3.30. The molecule has 0 bridgehead atoms. The molecule has 0 aromatic heterocycles. The Morgan fingerprint density at radius 1 is 0.969 bits per heavy atom. The number of rotatable bonds is 13. The highest BCUT2D eigenvalue weighted by molar-refractivity contribution is 4.78. The number of hydrogen-bond acceptors (Lipinski definition) is 6. The number of hydrogen-bond donors (Lipinski definition) is 2. The van der Waals surface area contributed by atoms with Crippen LogP contribution in [0.4, 0.5) is 0 Å². The molecule has 192 valence electrons. The number of nitrogens with zero attached hydrogens (tertiary/aromatic N) is 3. The van der Waals surface area contributed by atoms with E-state index in [9.17, 15) is 0 Å². The maximum atomic E-state index is 5.81. The maximum absolute atomic E-state index is 5.81. The Bertz CT molecular complexity index is 418. The highest BCUT2D eigenvalue weighted by Gasteiger charge is 2.22. The smallest absolute Gasteiger partial charge is 0.0599 e. The van der Waals surface area contributed by atoms with Gasteiger partial charge < -0.3 is 25.6 Å². The van der Waals surface area contributed by atoms with Gasteiger partial charge in [-0.05, 0) is 90.1 Å². The minimum Gasteiger partial charge on any atom is -0.378 e. The standard InChI is InChI=1S/C15H32N2.C11H25N3O/c1-13(2)6-9-17-10-7-15(8-11-17)16(5)12-14(3)4;1-2-13-6-3-9-15-11-4-7-14(10-12)8-5-11/h13-15H,6-12H2,1-5H3;11,13H,2-10,12H2,1H3. The van der Waals surface area contributed by atoms with E-state index in [1.54, 1.807) is 0 Å². The summed E-state index contributed by atoms with van der Waals surface area (Å²) in [7, 11) is 2.30. The predicted molar refractivity (Wildman–Crippen MR) is 139 cm³/mol. The average molecular weight is 456 g/mol. The van der Waals surface area contributed by atoms with Gasteiger partial charge in [0.25, 0.3) is 0 Å². The topological polar surface area (TPSA) is 57.0 Å². The van der Waals surface area contributed by atoms with Crippen molar-refractivity contribution in [2.75, 3.05) is 72.7 Å². The minimum atomic E-state index is 0.467. The molecule has 0 aliphatic carbocycles. The van der Waals surface area contributed by atoms with Crippen molar-refractivity contribution in [1.82, 2.24) is 20.0 Å². The molecule has 2 saturated heterocycles. The van der Waals surface area contributed by atoms with Crippen LogP contribution in [0.5, 0.6) is 0 Å². The Labute approximate surface area is 200 Å². The van der Waals surface area contributed by atoms with Crippen molar-refractivity contribution < 1.29 is 4.74 Å². The lowest BCUT2D eigenvalue weighted by molar-refractivity contribution is 0.00726. The van der Waals surface area contributed by atoms with Gasteiger partial charge >= 0.3 is 0 Å². The maximum Gasteiger partial charge on any atom is 0.0599 e. The lowest BCUT2D eigenvalue weighted by Gasteiger charge is -2.37. The summed E-state index contributed by atoms with van der Waals surface area (Å²) >= 11 is 0. The zero-order chi connectivity index (χ0) is 23.8. The first-order chi connectivity index (χ1) is 15.3. The summed E-state index contributed by atoms with van der Waals surface area (Å²) in [6, 6.07) is 0.827. The minimum absolute atomic E-state index is 0.467. The average Bonchev–Trinajstić information content (AvgIpc) is 2.78. The molecular weight excluding hydrogens is 398 g/mol. The SMILES string of the molecule is CC(C)CCN1CCC(N(C)CC(C)C)CC1.CCNCCCOC1CCN(CN)CC1. The van der Waals surface area contributed by atoms with Gasteiger partial charge in [0.2, 0.25) is 0 Å². The molecule has 3 N–H and O–H groups in total. The summed E-state index contributed by atoms with van der Waals surface area (Å²) < 4.78 is 5.81. The molecular formula is C26H57N5O. The lowest BCUT2D eigenvalue weighted by atomic mass is 10.0. The van der Waals surface area contributed by atoms with Gasteiger partial charge in [-0.25, -0.2) is 0 Å². The molecule has 6 nitrogen and oxygen atoms in total.